The molecule has 1 heterocycles. The molecule has 34 heavy (non-hydrogen) atoms. The molecular weight excluding hydrogens is 438 g/mol. The van der Waals surface area contributed by atoms with Crippen LogP contribution in [0.3, 0.4) is 0 Å². The minimum atomic E-state index is -1.23. The van der Waals surface area contributed by atoms with Crippen LogP contribution in [0, 0.1) is 10.1 Å². The number of rotatable bonds is 7. The van der Waals surface area contributed by atoms with Crippen LogP contribution < -0.4 is 5.32 Å². The lowest BCUT2D eigenvalue weighted by molar-refractivity contribution is -0.384. The number of fused-ring (bicyclic) bond motifs is 1. The van der Waals surface area contributed by atoms with E-state index in [9.17, 15) is 29.3 Å². The van der Waals surface area contributed by atoms with Gasteiger partial charge in [-0.25, -0.2) is 0 Å². The molecule has 4 rings (SSSR count). The molecule has 0 aliphatic carbocycles. The molecule has 0 fully saturated rings. The van der Waals surface area contributed by atoms with Crippen molar-refractivity contribution in [3.05, 3.63) is 105 Å². The van der Waals surface area contributed by atoms with Gasteiger partial charge in [-0.1, -0.05) is 36.4 Å². The zero-order valence-electron chi connectivity index (χ0n) is 18.1. The maximum absolute atomic E-state index is 13.4. The van der Waals surface area contributed by atoms with E-state index in [1.807, 2.05) is 0 Å². The van der Waals surface area contributed by atoms with Gasteiger partial charge in [-0.3, -0.25) is 34.2 Å². The Balaban J connectivity index is 1.68. The molecule has 0 unspecified atom stereocenters. The van der Waals surface area contributed by atoms with Crippen molar-refractivity contribution >= 4 is 34.9 Å². The first-order chi connectivity index (χ1) is 16.3. The number of nitrogens with one attached hydrogen (secondary N) is 1. The number of nitrogens with zero attached hydrogens (tertiary/aromatic N) is 2. The quantitative estimate of drug-likeness (QED) is 0.250. The van der Waals surface area contributed by atoms with E-state index < -0.39 is 28.7 Å². The lowest BCUT2D eigenvalue weighted by Gasteiger charge is -2.25. The van der Waals surface area contributed by atoms with Gasteiger partial charge in [-0.05, 0) is 36.8 Å². The Morgan fingerprint density at radius 1 is 0.941 bits per heavy atom. The molecule has 170 valence electrons. The summed E-state index contributed by atoms with van der Waals surface area (Å²) >= 11 is 0. The molecular formula is C25H19N3O6. The molecule has 1 aliphatic heterocycles. The second kappa shape index (κ2) is 9.07. The van der Waals surface area contributed by atoms with Crippen molar-refractivity contribution < 1.29 is 24.1 Å². The average Bonchev–Trinajstić information content (AvgIpc) is 3.08. The van der Waals surface area contributed by atoms with Gasteiger partial charge in [0, 0.05) is 29.8 Å². The number of benzene rings is 3. The molecule has 3 amide bonds. The van der Waals surface area contributed by atoms with Crippen LogP contribution in [0.4, 0.5) is 11.4 Å². The second-order valence-corrected chi connectivity index (χ2v) is 7.80. The van der Waals surface area contributed by atoms with Gasteiger partial charge in [-0.2, -0.15) is 0 Å². The van der Waals surface area contributed by atoms with Crippen LogP contribution in [-0.4, -0.2) is 39.4 Å². The summed E-state index contributed by atoms with van der Waals surface area (Å²) in [5.74, 6) is -2.01. The number of imide groups is 1. The second-order valence-electron chi connectivity index (χ2n) is 7.80. The molecule has 3 aromatic carbocycles. The van der Waals surface area contributed by atoms with E-state index in [-0.39, 0.29) is 29.0 Å². The number of nitro groups is 1. The van der Waals surface area contributed by atoms with E-state index in [2.05, 4.69) is 5.32 Å². The first-order valence-corrected chi connectivity index (χ1v) is 10.4. The number of amides is 3. The summed E-state index contributed by atoms with van der Waals surface area (Å²) in [7, 11) is 0. The summed E-state index contributed by atoms with van der Waals surface area (Å²) in [6.07, 6.45) is -0.0539. The van der Waals surface area contributed by atoms with Gasteiger partial charge in [0.2, 0.25) is 5.91 Å². The van der Waals surface area contributed by atoms with Crippen LogP contribution in [0.5, 0.6) is 0 Å². The Morgan fingerprint density at radius 2 is 1.56 bits per heavy atom. The van der Waals surface area contributed by atoms with Crippen LogP contribution in [0.15, 0.2) is 72.8 Å². The van der Waals surface area contributed by atoms with Crippen LogP contribution in [0.1, 0.15) is 43.6 Å². The fraction of sp³-hybridized carbons (Fsp3) is 0.120. The largest absolute Gasteiger partial charge is 0.324 e. The molecule has 1 N–H and O–H groups in total. The molecule has 0 saturated heterocycles. The van der Waals surface area contributed by atoms with Crippen LogP contribution in [0.2, 0.25) is 0 Å². The van der Waals surface area contributed by atoms with Crippen molar-refractivity contribution in [3.8, 4) is 0 Å². The molecule has 3 aromatic rings. The van der Waals surface area contributed by atoms with E-state index in [4.69, 9.17) is 0 Å². The van der Waals surface area contributed by atoms with Crippen LogP contribution in [-0.2, 0) is 11.2 Å². The van der Waals surface area contributed by atoms with Gasteiger partial charge < -0.3 is 5.32 Å². The zero-order valence-corrected chi connectivity index (χ0v) is 18.1. The molecule has 0 bridgehead atoms. The van der Waals surface area contributed by atoms with Gasteiger partial charge in [-0.15, -0.1) is 0 Å². The normalized spacial score (nSPS) is 13.4. The Kier molecular flexibility index (Phi) is 6.01. The maximum atomic E-state index is 13.4. The highest BCUT2D eigenvalue weighted by molar-refractivity contribution is 6.23. The van der Waals surface area contributed by atoms with E-state index >= 15 is 0 Å². The number of hydrogen-bond acceptors (Lipinski definition) is 6. The van der Waals surface area contributed by atoms with Crippen molar-refractivity contribution in [2.24, 2.45) is 0 Å². The third kappa shape index (κ3) is 4.31. The van der Waals surface area contributed by atoms with Crippen LogP contribution in [0.25, 0.3) is 0 Å². The van der Waals surface area contributed by atoms with E-state index in [1.165, 1.54) is 49.4 Å². The number of ketones is 1. The van der Waals surface area contributed by atoms with Gasteiger partial charge in [0.1, 0.15) is 6.04 Å². The average molecular weight is 457 g/mol. The Morgan fingerprint density at radius 3 is 2.12 bits per heavy atom. The highest BCUT2D eigenvalue weighted by Gasteiger charge is 2.42. The lowest BCUT2D eigenvalue weighted by atomic mass is 10.0. The Bertz CT molecular complexity index is 1300. The predicted molar refractivity (Wildman–Crippen MR) is 123 cm³/mol. The monoisotopic (exact) mass is 457 g/mol. The molecule has 9 nitrogen and oxygen atoms in total. The molecule has 0 radical (unpaired) electrons. The minimum absolute atomic E-state index is 0.0539. The number of hydrogen-bond donors (Lipinski definition) is 1. The highest BCUT2D eigenvalue weighted by Crippen LogP contribution is 2.27. The van der Waals surface area contributed by atoms with E-state index in [0.717, 1.165) is 4.90 Å². The SMILES string of the molecule is CC(=O)c1cccc(NC(=O)[C@H](Cc2ccc([N+](=O)[O-])cc2)N2C(=O)c3ccccc3C2=O)c1. The highest BCUT2D eigenvalue weighted by atomic mass is 16.6. The number of Topliss-reactive ketones (excluding diaryl/α,β-unsaturated/α-hetero) is 1. The first-order valence-electron chi connectivity index (χ1n) is 10.4. The smallest absolute Gasteiger partial charge is 0.269 e. The van der Waals surface area contributed by atoms with Crippen LogP contribution >= 0.6 is 0 Å². The molecule has 1 atom stereocenters. The Hall–Kier alpha value is -4.66. The summed E-state index contributed by atoms with van der Waals surface area (Å²) < 4.78 is 0. The lowest BCUT2D eigenvalue weighted by Crippen LogP contribution is -2.48. The number of carbonyl (C=O) groups excluding carboxylic acids is 4. The zero-order chi connectivity index (χ0) is 24.4. The summed E-state index contributed by atoms with van der Waals surface area (Å²) in [5.41, 5.74) is 1.54. The standard InChI is InChI=1S/C25H19N3O6/c1-15(29)17-5-4-6-18(14-17)26-23(30)22(13-16-9-11-19(12-10-16)28(33)34)27-24(31)20-7-2-3-8-21(20)25(27)32/h2-12,14,22H,13H2,1H3,(H,26,30)/t22-/m0/s1. The van der Waals surface area contributed by atoms with Gasteiger partial charge >= 0.3 is 0 Å². The Labute approximate surface area is 194 Å². The number of anilines is 1. The summed E-state index contributed by atoms with van der Waals surface area (Å²) in [5, 5.41) is 13.6. The fourth-order valence-corrected chi connectivity index (χ4v) is 3.81. The third-order valence-corrected chi connectivity index (χ3v) is 5.55. The number of nitro benzene ring substituents is 1. The van der Waals surface area contributed by atoms with E-state index in [0.29, 0.717) is 16.8 Å². The van der Waals surface area contributed by atoms with Crippen molar-refractivity contribution in [1.29, 1.82) is 0 Å². The first kappa shape index (κ1) is 22.5. The summed E-state index contributed by atoms with van der Waals surface area (Å²) in [6, 6.07) is 16.9. The minimum Gasteiger partial charge on any atom is -0.324 e. The van der Waals surface area contributed by atoms with Crippen molar-refractivity contribution in [2.45, 2.75) is 19.4 Å². The summed E-state index contributed by atoms with van der Waals surface area (Å²) in [6.45, 7) is 1.40. The molecule has 1 aliphatic rings. The molecule has 0 spiro atoms. The van der Waals surface area contributed by atoms with Gasteiger partial charge in [0.05, 0.1) is 16.1 Å². The van der Waals surface area contributed by atoms with E-state index in [1.54, 1.807) is 30.3 Å². The maximum Gasteiger partial charge on any atom is 0.269 e. The number of carbonyl (C=O) groups is 4. The van der Waals surface area contributed by atoms with Crippen molar-refractivity contribution in [1.82, 2.24) is 4.90 Å². The summed E-state index contributed by atoms with van der Waals surface area (Å²) in [4.78, 5) is 62.5. The van der Waals surface area contributed by atoms with Crippen molar-refractivity contribution in [3.63, 3.8) is 0 Å². The van der Waals surface area contributed by atoms with Crippen molar-refractivity contribution in [2.75, 3.05) is 5.32 Å². The fourth-order valence-electron chi connectivity index (χ4n) is 3.81. The third-order valence-electron chi connectivity index (χ3n) is 5.55. The molecule has 9 heteroatoms. The van der Waals surface area contributed by atoms with Gasteiger partial charge in [0.15, 0.2) is 5.78 Å². The predicted octanol–water partition coefficient (Wildman–Crippen LogP) is 3.64. The molecule has 0 aromatic heterocycles. The number of non-ortho nitro benzene ring substituents is 1. The topological polar surface area (TPSA) is 127 Å². The van der Waals surface area contributed by atoms with Gasteiger partial charge in [0.25, 0.3) is 17.5 Å². The molecule has 0 saturated carbocycles.